The molecule has 1 rings (SSSR count). The third-order valence-electron chi connectivity index (χ3n) is 4.02. The van der Waals surface area contributed by atoms with Gasteiger partial charge in [0.25, 0.3) is 5.91 Å². The molecule has 1 N–H and O–H groups in total. The van der Waals surface area contributed by atoms with Gasteiger partial charge in [0.15, 0.2) is 0 Å². The fourth-order valence-electron chi connectivity index (χ4n) is 2.79. The van der Waals surface area contributed by atoms with Gasteiger partial charge in [-0.15, -0.1) is 0 Å². The zero-order valence-corrected chi connectivity index (χ0v) is 16.3. The Balaban J connectivity index is 2.96. The number of carbonyl (C=O) groups is 1. The minimum Gasteiger partial charge on any atom is -0.490 e. The summed E-state index contributed by atoms with van der Waals surface area (Å²) < 4.78 is 11.6. The van der Waals surface area contributed by atoms with E-state index >= 15 is 0 Å². The van der Waals surface area contributed by atoms with Gasteiger partial charge in [-0.05, 0) is 71.2 Å². The molecule has 0 saturated heterocycles. The predicted molar refractivity (Wildman–Crippen MR) is 99.9 cm³/mol. The summed E-state index contributed by atoms with van der Waals surface area (Å²) >= 11 is 0. The number of rotatable bonds is 9. The molecule has 0 spiro atoms. The van der Waals surface area contributed by atoms with Crippen LogP contribution in [0.15, 0.2) is 12.1 Å². The molecule has 1 amide bonds. The smallest absolute Gasteiger partial charge is 0.256 e. The van der Waals surface area contributed by atoms with Gasteiger partial charge in [-0.25, -0.2) is 0 Å². The van der Waals surface area contributed by atoms with Crippen LogP contribution in [-0.4, -0.2) is 24.2 Å². The van der Waals surface area contributed by atoms with E-state index in [1.807, 2.05) is 53.7 Å². The maximum atomic E-state index is 12.7. The lowest BCUT2D eigenvalue weighted by atomic mass is 9.97. The van der Waals surface area contributed by atoms with Crippen LogP contribution in [0.25, 0.3) is 0 Å². The standard InChI is InChI=1S/C20H33NO3/c1-8-10-11-20(7,23-9-2)19(22)21-17-12-15(5)18(16(6)13-17)24-14(3)4/h12-14H,8-11H2,1-7H3,(H,21,22)/t20-/m1/s1. The van der Waals surface area contributed by atoms with Crippen molar-refractivity contribution >= 4 is 11.6 Å². The van der Waals surface area contributed by atoms with Crippen molar-refractivity contribution in [2.75, 3.05) is 11.9 Å². The average molecular weight is 335 g/mol. The van der Waals surface area contributed by atoms with E-state index in [9.17, 15) is 4.79 Å². The van der Waals surface area contributed by atoms with Crippen LogP contribution in [0.3, 0.4) is 0 Å². The number of hydrogen-bond donors (Lipinski definition) is 1. The highest BCUT2D eigenvalue weighted by molar-refractivity contribution is 5.97. The molecule has 0 aliphatic rings. The number of aryl methyl sites for hydroxylation is 2. The second kappa shape index (κ2) is 9.07. The average Bonchev–Trinajstić information content (AvgIpc) is 2.49. The lowest BCUT2D eigenvalue weighted by Gasteiger charge is -2.28. The SMILES string of the molecule is CCCC[C@@](C)(OCC)C(=O)Nc1cc(C)c(OC(C)C)c(C)c1. The number of nitrogens with one attached hydrogen (secondary N) is 1. The molecule has 0 heterocycles. The Morgan fingerprint density at radius 3 is 2.25 bits per heavy atom. The van der Waals surface area contributed by atoms with E-state index in [1.165, 1.54) is 0 Å². The summed E-state index contributed by atoms with van der Waals surface area (Å²) in [5.74, 6) is 0.802. The molecule has 4 heteroatoms. The maximum Gasteiger partial charge on any atom is 0.256 e. The van der Waals surface area contributed by atoms with E-state index in [0.29, 0.717) is 6.61 Å². The Labute approximate surface area is 146 Å². The monoisotopic (exact) mass is 335 g/mol. The zero-order valence-electron chi connectivity index (χ0n) is 16.3. The van der Waals surface area contributed by atoms with Gasteiger partial charge >= 0.3 is 0 Å². The van der Waals surface area contributed by atoms with E-state index in [1.54, 1.807) is 0 Å². The quantitative estimate of drug-likeness (QED) is 0.689. The maximum absolute atomic E-state index is 12.7. The van der Waals surface area contributed by atoms with Crippen LogP contribution in [-0.2, 0) is 9.53 Å². The van der Waals surface area contributed by atoms with Crippen LogP contribution in [0.2, 0.25) is 0 Å². The summed E-state index contributed by atoms with van der Waals surface area (Å²) in [4.78, 5) is 12.7. The van der Waals surface area contributed by atoms with Crippen LogP contribution in [0.5, 0.6) is 5.75 Å². The molecule has 0 aliphatic carbocycles. The number of benzene rings is 1. The highest BCUT2D eigenvalue weighted by Crippen LogP contribution is 2.29. The summed E-state index contributed by atoms with van der Waals surface area (Å²) in [6.45, 7) is 14.4. The lowest BCUT2D eigenvalue weighted by Crippen LogP contribution is -2.42. The molecular weight excluding hydrogens is 302 g/mol. The number of amides is 1. The molecule has 0 bridgehead atoms. The van der Waals surface area contributed by atoms with Gasteiger partial charge in [-0.2, -0.15) is 0 Å². The van der Waals surface area contributed by atoms with Gasteiger partial charge in [0.1, 0.15) is 11.4 Å². The highest BCUT2D eigenvalue weighted by Gasteiger charge is 2.33. The molecule has 4 nitrogen and oxygen atoms in total. The third-order valence-corrected chi connectivity index (χ3v) is 4.02. The minimum atomic E-state index is -0.792. The van der Waals surface area contributed by atoms with Crippen molar-refractivity contribution in [1.82, 2.24) is 0 Å². The van der Waals surface area contributed by atoms with E-state index < -0.39 is 5.60 Å². The molecule has 1 aromatic carbocycles. The van der Waals surface area contributed by atoms with Crippen molar-refractivity contribution in [3.8, 4) is 5.75 Å². The Bertz CT molecular complexity index is 531. The molecule has 136 valence electrons. The lowest BCUT2D eigenvalue weighted by molar-refractivity contribution is -0.139. The van der Waals surface area contributed by atoms with Gasteiger partial charge < -0.3 is 14.8 Å². The summed E-state index contributed by atoms with van der Waals surface area (Å²) in [6.07, 6.45) is 2.84. The van der Waals surface area contributed by atoms with Gasteiger partial charge in [0.05, 0.1) is 6.10 Å². The first-order valence-electron chi connectivity index (χ1n) is 8.96. The topological polar surface area (TPSA) is 47.6 Å². The summed E-state index contributed by atoms with van der Waals surface area (Å²) in [6, 6.07) is 3.91. The fourth-order valence-corrected chi connectivity index (χ4v) is 2.79. The summed E-state index contributed by atoms with van der Waals surface area (Å²) in [5.41, 5.74) is 2.03. The van der Waals surface area contributed by atoms with Crippen molar-refractivity contribution in [3.63, 3.8) is 0 Å². The molecule has 0 unspecified atom stereocenters. The van der Waals surface area contributed by atoms with Crippen molar-refractivity contribution < 1.29 is 14.3 Å². The molecule has 24 heavy (non-hydrogen) atoms. The predicted octanol–water partition coefficient (Wildman–Crippen LogP) is 5.01. The van der Waals surface area contributed by atoms with Gasteiger partial charge in [0.2, 0.25) is 0 Å². The number of hydrogen-bond acceptors (Lipinski definition) is 3. The number of carbonyl (C=O) groups excluding carboxylic acids is 1. The van der Waals surface area contributed by atoms with E-state index in [2.05, 4.69) is 12.2 Å². The Morgan fingerprint density at radius 1 is 1.21 bits per heavy atom. The molecule has 1 atom stereocenters. The van der Waals surface area contributed by atoms with Crippen molar-refractivity contribution in [2.45, 2.75) is 79.4 Å². The zero-order chi connectivity index (χ0) is 18.3. The van der Waals surface area contributed by atoms with Crippen LogP contribution in [0.1, 0.15) is 65.0 Å². The Kier molecular flexibility index (Phi) is 7.74. The van der Waals surface area contributed by atoms with E-state index in [4.69, 9.17) is 9.47 Å². The van der Waals surface area contributed by atoms with Crippen LogP contribution >= 0.6 is 0 Å². The van der Waals surface area contributed by atoms with Crippen LogP contribution in [0.4, 0.5) is 5.69 Å². The van der Waals surface area contributed by atoms with Gasteiger partial charge in [-0.1, -0.05) is 19.8 Å². The Hall–Kier alpha value is -1.55. The third kappa shape index (κ3) is 5.52. The second-order valence-corrected chi connectivity index (χ2v) is 6.83. The van der Waals surface area contributed by atoms with Crippen molar-refractivity contribution in [1.29, 1.82) is 0 Å². The van der Waals surface area contributed by atoms with Crippen molar-refractivity contribution in [3.05, 3.63) is 23.3 Å². The fraction of sp³-hybridized carbons (Fsp3) is 0.650. The number of ether oxygens (including phenoxy) is 2. The largest absolute Gasteiger partial charge is 0.490 e. The minimum absolute atomic E-state index is 0.0888. The summed E-state index contributed by atoms with van der Waals surface area (Å²) in [7, 11) is 0. The highest BCUT2D eigenvalue weighted by atomic mass is 16.5. The number of anilines is 1. The molecule has 0 saturated carbocycles. The molecule has 0 radical (unpaired) electrons. The molecule has 0 fully saturated rings. The first-order valence-corrected chi connectivity index (χ1v) is 8.96. The molecule has 1 aromatic rings. The Morgan fingerprint density at radius 2 is 1.79 bits per heavy atom. The molecule has 0 aliphatic heterocycles. The van der Waals surface area contributed by atoms with E-state index in [0.717, 1.165) is 41.8 Å². The second-order valence-electron chi connectivity index (χ2n) is 6.83. The normalized spacial score (nSPS) is 13.7. The first-order chi connectivity index (χ1) is 11.2. The van der Waals surface area contributed by atoms with E-state index in [-0.39, 0.29) is 12.0 Å². The number of unbranched alkanes of at least 4 members (excludes halogenated alkanes) is 1. The summed E-state index contributed by atoms with van der Waals surface area (Å²) in [5, 5.41) is 3.02. The first kappa shape index (κ1) is 20.5. The molecular formula is C20H33NO3. The van der Waals surface area contributed by atoms with Crippen LogP contribution in [0, 0.1) is 13.8 Å². The molecule has 0 aromatic heterocycles. The van der Waals surface area contributed by atoms with Crippen LogP contribution < -0.4 is 10.1 Å². The van der Waals surface area contributed by atoms with Crippen molar-refractivity contribution in [2.24, 2.45) is 0 Å². The van der Waals surface area contributed by atoms with Gasteiger partial charge in [-0.3, -0.25) is 4.79 Å². The van der Waals surface area contributed by atoms with Gasteiger partial charge in [0, 0.05) is 12.3 Å².